The number of aliphatic carboxylic acids is 1. The number of nitrogens with zero attached hydrogens (tertiary/aromatic N) is 2. The van der Waals surface area contributed by atoms with Crippen LogP contribution in [0.3, 0.4) is 0 Å². The van der Waals surface area contributed by atoms with Gasteiger partial charge in [-0.15, -0.1) is 0 Å². The van der Waals surface area contributed by atoms with Crippen LogP contribution in [0.4, 0.5) is 0 Å². The van der Waals surface area contributed by atoms with Gasteiger partial charge in [-0.2, -0.15) is 50.5 Å². The van der Waals surface area contributed by atoms with Crippen LogP contribution in [0.15, 0.2) is 0 Å². The van der Waals surface area contributed by atoms with Crippen LogP contribution in [0.2, 0.25) is 0 Å². The largest absolute Gasteiger partial charge is 0.480 e. The number of hydrogen-bond acceptors (Lipinski definition) is 17. The molecule has 2 fully saturated rings. The summed E-state index contributed by atoms with van der Waals surface area (Å²) in [5.41, 5.74) is 16.4. The van der Waals surface area contributed by atoms with Gasteiger partial charge in [-0.3, -0.25) is 47.9 Å². The van der Waals surface area contributed by atoms with Gasteiger partial charge in [0.15, 0.2) is 0 Å². The molecule has 2 aliphatic rings. The highest BCUT2D eigenvalue weighted by Crippen LogP contribution is 2.22. The van der Waals surface area contributed by atoms with Crippen molar-refractivity contribution in [2.24, 2.45) is 23.1 Å². The summed E-state index contributed by atoms with van der Waals surface area (Å²) in [6, 6.07) is -11.1. The molecule has 2 saturated heterocycles. The molecule has 14 N–H and O–H groups in total. The maximum absolute atomic E-state index is 14.0. The zero-order valence-corrected chi connectivity index (χ0v) is 41.7. The molecule has 10 amide bonds. The maximum Gasteiger partial charge on any atom is 0.326 e. The minimum absolute atomic E-state index is 0.0277. The summed E-state index contributed by atoms with van der Waals surface area (Å²) in [6.45, 7) is 3.72. The molecule has 9 atom stereocenters. The molecule has 0 aromatic rings. The molecule has 68 heavy (non-hydrogen) atoms. The lowest BCUT2D eigenvalue weighted by atomic mass is 10.0. The molecule has 0 aliphatic carbocycles. The lowest BCUT2D eigenvalue weighted by Gasteiger charge is -2.32. The summed E-state index contributed by atoms with van der Waals surface area (Å²) in [5.74, 6) is -9.72. The highest BCUT2D eigenvalue weighted by molar-refractivity contribution is 7.80. The van der Waals surface area contributed by atoms with E-state index in [1.807, 2.05) is 13.8 Å². The second kappa shape index (κ2) is 30.2. The number of thiol groups is 4. The molecule has 0 spiro atoms. The van der Waals surface area contributed by atoms with Crippen molar-refractivity contribution < 1.29 is 57.8 Å². The predicted molar refractivity (Wildman–Crippen MR) is 261 cm³/mol. The Morgan fingerprint density at radius 1 is 0.618 bits per heavy atom. The van der Waals surface area contributed by atoms with Crippen molar-refractivity contribution in [3.05, 3.63) is 0 Å². The summed E-state index contributed by atoms with van der Waals surface area (Å²) in [6.07, 6.45) is 1.55. The highest BCUT2D eigenvalue weighted by atomic mass is 32.1. The number of amides is 10. The minimum Gasteiger partial charge on any atom is -0.480 e. The van der Waals surface area contributed by atoms with Crippen molar-refractivity contribution in [1.82, 2.24) is 47.0 Å². The first kappa shape index (κ1) is 59.6. The van der Waals surface area contributed by atoms with E-state index in [-0.39, 0.29) is 67.7 Å². The van der Waals surface area contributed by atoms with E-state index in [0.29, 0.717) is 32.2 Å². The van der Waals surface area contributed by atoms with Gasteiger partial charge in [0.1, 0.15) is 48.3 Å². The molecule has 28 heteroatoms. The Morgan fingerprint density at radius 2 is 1.09 bits per heavy atom. The zero-order valence-electron chi connectivity index (χ0n) is 38.1. The van der Waals surface area contributed by atoms with Crippen molar-refractivity contribution in [2.45, 2.75) is 126 Å². The van der Waals surface area contributed by atoms with Crippen LogP contribution < -0.4 is 54.4 Å². The lowest BCUT2D eigenvalue weighted by molar-refractivity contribution is -0.144. The average molecular weight is 1040 g/mol. The Balaban J connectivity index is 2.13. The Hall–Kier alpha value is -4.51. The molecule has 2 aliphatic heterocycles. The first-order valence-corrected chi connectivity index (χ1v) is 24.8. The Morgan fingerprint density at radius 3 is 1.56 bits per heavy atom. The fourth-order valence-electron chi connectivity index (χ4n) is 7.41. The van der Waals surface area contributed by atoms with Crippen molar-refractivity contribution in [1.29, 1.82) is 0 Å². The third-order valence-electron chi connectivity index (χ3n) is 11.0. The van der Waals surface area contributed by atoms with Gasteiger partial charge in [-0.25, -0.2) is 4.79 Å². The van der Waals surface area contributed by atoms with E-state index in [1.54, 1.807) is 0 Å². The number of nitrogens with two attached hydrogens (primary N) is 3. The van der Waals surface area contributed by atoms with Crippen LogP contribution in [-0.4, -0.2) is 184 Å². The zero-order chi connectivity index (χ0) is 51.2. The molecular weight excluding hydrogens is 969 g/mol. The molecule has 0 unspecified atom stereocenters. The number of rotatable bonds is 29. The van der Waals surface area contributed by atoms with E-state index in [2.05, 4.69) is 87.7 Å². The minimum atomic E-state index is -1.60. The molecule has 384 valence electrons. The summed E-state index contributed by atoms with van der Waals surface area (Å²) in [5, 5.41) is 26.9. The molecule has 0 saturated carbocycles. The van der Waals surface area contributed by atoms with Crippen LogP contribution in [0.5, 0.6) is 0 Å². The second-order valence-electron chi connectivity index (χ2n) is 16.8. The third-order valence-corrected chi connectivity index (χ3v) is 12.5. The quantitative estimate of drug-likeness (QED) is 0.0247. The van der Waals surface area contributed by atoms with Crippen LogP contribution in [0.25, 0.3) is 0 Å². The van der Waals surface area contributed by atoms with Gasteiger partial charge < -0.3 is 69.3 Å². The fraction of sp³-hybridized carbons (Fsp3) is 0.725. The van der Waals surface area contributed by atoms with Crippen LogP contribution >= 0.6 is 50.5 Å². The number of carboxylic acid groups (broad SMARTS) is 1. The van der Waals surface area contributed by atoms with E-state index < -0.39 is 132 Å². The summed E-state index contributed by atoms with van der Waals surface area (Å²) < 4.78 is 0. The standard InChI is InChI=1S/C40H68N12O12S4/c1-20(2)13-23(45-31(54)15-44-32(55)21(42)16-65)33(56)49-26(18-67)38(61)52-12-6-9-29(52)37(60)50-27(19-68)39(62)51-11-5-8-28(51)36(59)48-25(17-66)35(58)47-24(14-30(43)53)34(57)46-22(40(63)64)7-3-4-10-41/h20-29,65-68H,3-19,41-42H2,1-2H3,(H2,43,53)(H,44,55)(H,45,54)(H,46,57)(H,47,58)(H,48,59)(H,49,56)(H,50,60)(H,63,64)/t21-,22-,23-,24-,25-,26-,27-,28-,29-/m0/s1. The Kier molecular flexibility index (Phi) is 26.5. The molecule has 0 aromatic heterocycles. The normalized spacial score (nSPS) is 18.7. The van der Waals surface area contributed by atoms with Gasteiger partial charge in [0, 0.05) is 36.1 Å². The van der Waals surface area contributed by atoms with Crippen molar-refractivity contribution in [3.8, 4) is 0 Å². The van der Waals surface area contributed by atoms with E-state index in [1.165, 1.54) is 9.80 Å². The van der Waals surface area contributed by atoms with Crippen LogP contribution in [0, 0.1) is 5.92 Å². The molecule has 2 rings (SSSR count). The number of primary amides is 1. The van der Waals surface area contributed by atoms with Gasteiger partial charge in [0.25, 0.3) is 0 Å². The monoisotopic (exact) mass is 1040 g/mol. The summed E-state index contributed by atoms with van der Waals surface area (Å²) in [7, 11) is 0. The van der Waals surface area contributed by atoms with Gasteiger partial charge >= 0.3 is 5.97 Å². The van der Waals surface area contributed by atoms with Crippen LogP contribution in [-0.2, 0) is 52.7 Å². The van der Waals surface area contributed by atoms with E-state index in [4.69, 9.17) is 17.2 Å². The number of unbranched alkanes of at least 4 members (excludes halogenated alkanes) is 1. The summed E-state index contributed by atoms with van der Waals surface area (Å²) in [4.78, 5) is 146. The summed E-state index contributed by atoms with van der Waals surface area (Å²) >= 11 is 16.7. The number of likely N-dealkylation sites (tertiary alicyclic amines) is 2. The second-order valence-corrected chi connectivity index (χ2v) is 18.2. The SMILES string of the molecule is CC(C)C[C@H](NC(=O)CNC(=O)[C@@H](N)CS)C(=O)N[C@@H](CS)C(=O)N1CCC[C@H]1C(=O)N[C@@H](CS)C(=O)N1CCC[C@H]1C(=O)N[C@@H](CS)C(=O)N[C@@H](CC(N)=O)C(=O)N[C@@H](CCCCN)C(=O)O. The van der Waals surface area contributed by atoms with Gasteiger partial charge in [0.05, 0.1) is 19.0 Å². The molecule has 0 radical (unpaired) electrons. The number of hydrogen-bond donors (Lipinski definition) is 15. The lowest BCUT2D eigenvalue weighted by Crippen LogP contribution is -2.60. The molecule has 0 bridgehead atoms. The van der Waals surface area contributed by atoms with Gasteiger partial charge in [0.2, 0.25) is 59.1 Å². The van der Waals surface area contributed by atoms with E-state index >= 15 is 0 Å². The smallest absolute Gasteiger partial charge is 0.326 e. The number of carbonyl (C=O) groups is 11. The topological polar surface area (TPSA) is 377 Å². The Bertz CT molecular complexity index is 1820. The fourth-order valence-corrected chi connectivity index (χ4v) is 8.33. The first-order chi connectivity index (χ1) is 32.1. The molecule has 0 aromatic carbocycles. The van der Waals surface area contributed by atoms with Crippen molar-refractivity contribution in [2.75, 3.05) is 49.2 Å². The van der Waals surface area contributed by atoms with Gasteiger partial charge in [-0.05, 0) is 63.8 Å². The van der Waals surface area contributed by atoms with E-state index in [0.717, 1.165) is 0 Å². The number of nitrogens with one attached hydrogen (secondary N) is 7. The number of carbonyl (C=O) groups excluding carboxylic acids is 10. The first-order valence-electron chi connectivity index (χ1n) is 22.2. The van der Waals surface area contributed by atoms with E-state index in [9.17, 15) is 57.8 Å². The predicted octanol–water partition coefficient (Wildman–Crippen LogP) is -4.83. The van der Waals surface area contributed by atoms with Crippen LogP contribution in [0.1, 0.15) is 71.6 Å². The Labute approximate surface area is 417 Å². The van der Waals surface area contributed by atoms with Crippen molar-refractivity contribution in [3.63, 3.8) is 0 Å². The highest BCUT2D eigenvalue weighted by Gasteiger charge is 2.42. The molecular formula is C40H68N12O12S4. The van der Waals surface area contributed by atoms with Gasteiger partial charge in [-0.1, -0.05) is 13.8 Å². The number of carboxylic acids is 1. The third kappa shape index (κ3) is 18.8. The molecule has 24 nitrogen and oxygen atoms in total. The maximum atomic E-state index is 14.0. The van der Waals surface area contributed by atoms with Crippen molar-refractivity contribution >= 4 is 116 Å². The molecule has 2 heterocycles. The average Bonchev–Trinajstić information content (AvgIpc) is 4.00.